The van der Waals surface area contributed by atoms with Gasteiger partial charge in [0.25, 0.3) is 17.7 Å². The largest absolute Gasteiger partial charge is 0.363 e. The molecule has 2 aromatic rings. The molecule has 1 fully saturated rings. The SMILES string of the molecule is CC.CC.CC.CC.CNC(=O)c1ccc(N=[N+]=[N-])cc1.[N-]=[N+]=Nc1ccc(C(=O)ON2C(=O)CCC2=O)cc1. The van der Waals surface area contributed by atoms with Crippen molar-refractivity contribution in [1.82, 2.24) is 10.4 Å². The fourth-order valence-corrected chi connectivity index (χ4v) is 2.38. The highest BCUT2D eigenvalue weighted by Crippen LogP contribution is 2.17. The fourth-order valence-electron chi connectivity index (χ4n) is 2.38. The van der Waals surface area contributed by atoms with E-state index in [2.05, 4.69) is 25.4 Å². The van der Waals surface area contributed by atoms with Crippen LogP contribution in [0.1, 0.15) is 88.9 Å². The molecule has 1 N–H and O–H groups in total. The molecule has 40 heavy (non-hydrogen) atoms. The number of nitrogens with one attached hydrogen (secondary N) is 1. The Morgan fingerprint density at radius 3 is 1.40 bits per heavy atom. The van der Waals surface area contributed by atoms with E-state index in [1.165, 1.54) is 24.3 Å². The van der Waals surface area contributed by atoms with Crippen LogP contribution < -0.4 is 5.32 Å². The normalized spacial score (nSPS) is 10.2. The van der Waals surface area contributed by atoms with Gasteiger partial charge in [-0.25, -0.2) is 4.79 Å². The molecule has 0 unspecified atom stereocenters. The molecule has 0 radical (unpaired) electrons. The fraction of sp³-hybridized carbons (Fsp3) is 0.407. The van der Waals surface area contributed by atoms with Gasteiger partial charge in [0.05, 0.1) is 5.56 Å². The predicted molar refractivity (Wildman–Crippen MR) is 156 cm³/mol. The van der Waals surface area contributed by atoms with Gasteiger partial charge in [0.15, 0.2) is 0 Å². The van der Waals surface area contributed by atoms with Crippen molar-refractivity contribution in [2.45, 2.75) is 68.2 Å². The highest BCUT2D eigenvalue weighted by atomic mass is 16.7. The second kappa shape index (κ2) is 25.8. The lowest BCUT2D eigenvalue weighted by molar-refractivity contribution is -0.172. The Morgan fingerprint density at radius 1 is 0.725 bits per heavy atom. The molecule has 0 bridgehead atoms. The van der Waals surface area contributed by atoms with Crippen molar-refractivity contribution in [3.05, 3.63) is 80.5 Å². The zero-order chi connectivity index (χ0) is 31.5. The summed E-state index contributed by atoms with van der Waals surface area (Å²) >= 11 is 0. The average Bonchev–Trinajstić information content (AvgIpc) is 3.34. The summed E-state index contributed by atoms with van der Waals surface area (Å²) in [6.07, 6.45) is 0.0872. The lowest BCUT2D eigenvalue weighted by Gasteiger charge is -2.12. The van der Waals surface area contributed by atoms with Crippen molar-refractivity contribution < 1.29 is 24.0 Å². The van der Waals surface area contributed by atoms with Crippen LogP contribution in [0.4, 0.5) is 11.4 Å². The van der Waals surface area contributed by atoms with Crippen molar-refractivity contribution in [3.8, 4) is 0 Å². The molecule has 0 atom stereocenters. The predicted octanol–water partition coefficient (Wildman–Crippen LogP) is 7.94. The molecular formula is C27H40N8O5. The average molecular weight is 557 g/mol. The van der Waals surface area contributed by atoms with Gasteiger partial charge in [-0.1, -0.05) is 89.9 Å². The van der Waals surface area contributed by atoms with Crippen molar-refractivity contribution in [1.29, 1.82) is 0 Å². The number of rotatable bonds is 5. The number of hydroxylamine groups is 2. The van der Waals surface area contributed by atoms with Gasteiger partial charge >= 0.3 is 5.97 Å². The molecule has 1 aliphatic rings. The minimum atomic E-state index is -0.823. The summed E-state index contributed by atoms with van der Waals surface area (Å²) in [6.45, 7) is 16.0. The molecule has 2 aromatic carbocycles. The summed E-state index contributed by atoms with van der Waals surface area (Å²) in [5.41, 5.74) is 17.9. The topological polar surface area (TPSA) is 190 Å². The van der Waals surface area contributed by atoms with Crippen LogP contribution in [0.25, 0.3) is 20.9 Å². The lowest BCUT2D eigenvalue weighted by atomic mass is 10.2. The number of azide groups is 2. The number of hydrogen-bond donors (Lipinski definition) is 1. The number of amides is 3. The van der Waals surface area contributed by atoms with Crippen LogP contribution in [0.15, 0.2) is 58.8 Å². The first-order valence-electron chi connectivity index (χ1n) is 13.0. The summed E-state index contributed by atoms with van der Waals surface area (Å²) in [5, 5.41) is 9.69. The molecule has 3 amide bonds. The zero-order valence-corrected chi connectivity index (χ0v) is 24.7. The Kier molecular flexibility index (Phi) is 25.5. The molecule has 13 heteroatoms. The maximum absolute atomic E-state index is 11.7. The summed E-state index contributed by atoms with van der Waals surface area (Å²) in [7, 11) is 1.56. The van der Waals surface area contributed by atoms with E-state index in [4.69, 9.17) is 15.9 Å². The van der Waals surface area contributed by atoms with E-state index < -0.39 is 17.8 Å². The quantitative estimate of drug-likeness (QED) is 0.169. The first-order valence-corrected chi connectivity index (χ1v) is 13.0. The number of nitrogens with zero attached hydrogens (tertiary/aromatic N) is 7. The molecule has 0 spiro atoms. The molecule has 0 aromatic heterocycles. The van der Waals surface area contributed by atoms with Gasteiger partial charge < -0.3 is 10.2 Å². The van der Waals surface area contributed by atoms with Gasteiger partial charge in [-0.3, -0.25) is 14.4 Å². The third kappa shape index (κ3) is 14.8. The molecule has 3 rings (SSSR count). The first-order chi connectivity index (χ1) is 19.4. The molecule has 1 saturated heterocycles. The monoisotopic (exact) mass is 556 g/mol. The van der Waals surface area contributed by atoms with Gasteiger partial charge in [0.2, 0.25) is 0 Å². The molecule has 1 aliphatic heterocycles. The van der Waals surface area contributed by atoms with Crippen molar-refractivity contribution >= 4 is 35.1 Å². The third-order valence-corrected chi connectivity index (χ3v) is 3.96. The molecule has 13 nitrogen and oxygen atoms in total. The van der Waals surface area contributed by atoms with E-state index in [-0.39, 0.29) is 24.3 Å². The van der Waals surface area contributed by atoms with Gasteiger partial charge in [0.1, 0.15) is 0 Å². The second-order valence-electron chi connectivity index (χ2n) is 6.01. The van der Waals surface area contributed by atoms with E-state index in [1.54, 1.807) is 31.3 Å². The number of hydrogen-bond acceptors (Lipinski definition) is 7. The summed E-state index contributed by atoms with van der Waals surface area (Å²) in [4.78, 5) is 55.2. The highest BCUT2D eigenvalue weighted by Gasteiger charge is 2.33. The summed E-state index contributed by atoms with van der Waals surface area (Å²) < 4.78 is 0. The van der Waals surface area contributed by atoms with E-state index in [0.717, 1.165) is 0 Å². The van der Waals surface area contributed by atoms with Crippen LogP contribution in [0.3, 0.4) is 0 Å². The highest BCUT2D eigenvalue weighted by molar-refractivity contribution is 6.02. The van der Waals surface area contributed by atoms with Crippen molar-refractivity contribution in [2.24, 2.45) is 10.2 Å². The Labute approximate surface area is 235 Å². The third-order valence-electron chi connectivity index (χ3n) is 3.96. The van der Waals surface area contributed by atoms with Crippen molar-refractivity contribution in [2.75, 3.05) is 7.05 Å². The van der Waals surface area contributed by atoms with Gasteiger partial charge in [0, 0.05) is 46.7 Å². The molecule has 218 valence electrons. The number of carbonyl (C=O) groups is 4. The lowest BCUT2D eigenvalue weighted by Crippen LogP contribution is -2.32. The molecule has 0 aliphatic carbocycles. The van der Waals surface area contributed by atoms with Gasteiger partial charge in [-0.15, -0.1) is 5.06 Å². The minimum Gasteiger partial charge on any atom is -0.355 e. The number of imide groups is 1. The maximum Gasteiger partial charge on any atom is 0.363 e. The summed E-state index contributed by atoms with van der Waals surface area (Å²) in [6, 6.07) is 12.0. The smallest absolute Gasteiger partial charge is 0.355 e. The van der Waals surface area contributed by atoms with E-state index >= 15 is 0 Å². The number of benzene rings is 2. The van der Waals surface area contributed by atoms with E-state index in [0.29, 0.717) is 22.0 Å². The van der Waals surface area contributed by atoms with Gasteiger partial charge in [-0.05, 0) is 35.3 Å². The minimum absolute atomic E-state index is 0.0436. The Bertz CT molecular complexity index is 1110. The molecule has 1 heterocycles. The first kappa shape index (κ1) is 39.6. The Hall–Kier alpha value is -4.86. The van der Waals surface area contributed by atoms with Crippen LogP contribution in [-0.4, -0.2) is 35.8 Å². The van der Waals surface area contributed by atoms with Crippen LogP contribution in [0.5, 0.6) is 0 Å². The van der Waals surface area contributed by atoms with Crippen LogP contribution in [0.2, 0.25) is 0 Å². The standard InChI is InChI=1S/C11H8N4O4.C8H8N4O.4C2H6/c12-14-13-8-3-1-7(2-4-8)11(18)19-15-9(16)5-6-10(15)17;1-10-8(13)6-2-4-7(5-3-6)11-12-9;4*1-2/h1-4H,5-6H2;2-5H,1H3,(H,10,13);4*1-2H3. The van der Waals surface area contributed by atoms with Gasteiger partial charge in [-0.2, -0.15) is 0 Å². The second-order valence-corrected chi connectivity index (χ2v) is 6.01. The Morgan fingerprint density at radius 2 is 1.07 bits per heavy atom. The van der Waals surface area contributed by atoms with E-state index in [9.17, 15) is 19.2 Å². The Balaban J connectivity index is -0.000000569. The zero-order valence-electron chi connectivity index (χ0n) is 24.7. The molecular weight excluding hydrogens is 516 g/mol. The van der Waals surface area contributed by atoms with Crippen molar-refractivity contribution in [3.63, 3.8) is 0 Å². The van der Waals surface area contributed by atoms with E-state index in [1.807, 2.05) is 55.4 Å². The maximum atomic E-state index is 11.7. The molecule has 0 saturated carbocycles. The van der Waals surface area contributed by atoms with Crippen LogP contribution in [-0.2, 0) is 14.4 Å². The van der Waals surface area contributed by atoms with Crippen LogP contribution in [0, 0.1) is 0 Å². The summed E-state index contributed by atoms with van der Waals surface area (Å²) in [5.74, 6) is -2.06. The number of carbonyl (C=O) groups excluding carboxylic acids is 4. The van der Waals surface area contributed by atoms with Crippen LogP contribution >= 0.6 is 0 Å².